The van der Waals surface area contributed by atoms with Gasteiger partial charge in [-0.25, -0.2) is 5.01 Å². The standard InChI is InChI=1S/C18H18N2O2/c1-13(21)20-18(15-8-10-16(22-2)11-9-15)12-17(19-20)14-6-4-3-5-7-14/h3-12,18-19H,1-2H3. The van der Waals surface area contributed by atoms with E-state index in [0.717, 1.165) is 22.6 Å². The molecule has 0 aliphatic carbocycles. The summed E-state index contributed by atoms with van der Waals surface area (Å²) < 4.78 is 5.18. The van der Waals surface area contributed by atoms with Gasteiger partial charge in [-0.1, -0.05) is 42.5 Å². The van der Waals surface area contributed by atoms with E-state index in [-0.39, 0.29) is 11.9 Å². The van der Waals surface area contributed by atoms with Crippen LogP contribution < -0.4 is 10.2 Å². The monoisotopic (exact) mass is 294 g/mol. The van der Waals surface area contributed by atoms with Gasteiger partial charge in [0.15, 0.2) is 0 Å². The van der Waals surface area contributed by atoms with Gasteiger partial charge in [0.25, 0.3) is 0 Å². The molecule has 0 spiro atoms. The summed E-state index contributed by atoms with van der Waals surface area (Å²) in [5, 5.41) is 1.64. The Morgan fingerprint density at radius 3 is 2.36 bits per heavy atom. The normalized spacial score (nSPS) is 16.9. The van der Waals surface area contributed by atoms with Gasteiger partial charge in [-0.3, -0.25) is 10.2 Å². The van der Waals surface area contributed by atoms with E-state index in [1.807, 2.05) is 54.6 Å². The van der Waals surface area contributed by atoms with Gasteiger partial charge < -0.3 is 4.74 Å². The summed E-state index contributed by atoms with van der Waals surface area (Å²) in [7, 11) is 1.64. The first-order chi connectivity index (χ1) is 10.7. The maximum Gasteiger partial charge on any atom is 0.238 e. The molecule has 22 heavy (non-hydrogen) atoms. The first-order valence-electron chi connectivity index (χ1n) is 7.16. The first-order valence-corrected chi connectivity index (χ1v) is 7.16. The molecular formula is C18H18N2O2. The zero-order chi connectivity index (χ0) is 15.5. The van der Waals surface area contributed by atoms with Crippen molar-refractivity contribution in [2.24, 2.45) is 0 Å². The van der Waals surface area contributed by atoms with Crippen molar-refractivity contribution in [1.82, 2.24) is 10.4 Å². The largest absolute Gasteiger partial charge is 0.497 e. The number of nitrogens with zero attached hydrogens (tertiary/aromatic N) is 1. The molecule has 4 nitrogen and oxygen atoms in total. The van der Waals surface area contributed by atoms with Crippen LogP contribution in [0.3, 0.4) is 0 Å². The van der Waals surface area contributed by atoms with Crippen molar-refractivity contribution in [3.05, 3.63) is 71.8 Å². The Kier molecular flexibility index (Phi) is 3.83. The minimum Gasteiger partial charge on any atom is -0.497 e. The number of carbonyl (C=O) groups is 1. The number of ether oxygens (including phenoxy) is 1. The molecule has 1 aliphatic rings. The molecular weight excluding hydrogens is 276 g/mol. The maximum atomic E-state index is 11.9. The average molecular weight is 294 g/mol. The lowest BCUT2D eigenvalue weighted by molar-refractivity contribution is -0.132. The lowest BCUT2D eigenvalue weighted by Gasteiger charge is -2.24. The van der Waals surface area contributed by atoms with Crippen LogP contribution >= 0.6 is 0 Å². The molecule has 4 heteroatoms. The number of hydrogen-bond donors (Lipinski definition) is 1. The van der Waals surface area contributed by atoms with E-state index >= 15 is 0 Å². The van der Waals surface area contributed by atoms with Gasteiger partial charge >= 0.3 is 0 Å². The molecule has 1 N–H and O–H groups in total. The van der Waals surface area contributed by atoms with Gasteiger partial charge in [0.2, 0.25) is 5.91 Å². The van der Waals surface area contributed by atoms with Gasteiger partial charge in [0.1, 0.15) is 5.75 Å². The van der Waals surface area contributed by atoms with E-state index in [0.29, 0.717) is 0 Å². The van der Waals surface area contributed by atoms with Crippen LogP contribution in [0.1, 0.15) is 24.1 Å². The van der Waals surface area contributed by atoms with E-state index in [4.69, 9.17) is 4.74 Å². The number of benzene rings is 2. The van der Waals surface area contributed by atoms with Gasteiger partial charge in [0, 0.05) is 6.92 Å². The van der Waals surface area contributed by atoms with E-state index < -0.39 is 0 Å². The van der Waals surface area contributed by atoms with Crippen molar-refractivity contribution in [2.45, 2.75) is 13.0 Å². The van der Waals surface area contributed by atoms with Crippen molar-refractivity contribution in [3.63, 3.8) is 0 Å². The molecule has 2 aromatic rings. The highest BCUT2D eigenvalue weighted by molar-refractivity contribution is 5.79. The Morgan fingerprint density at radius 1 is 1.09 bits per heavy atom. The smallest absolute Gasteiger partial charge is 0.238 e. The second-order valence-corrected chi connectivity index (χ2v) is 5.17. The van der Waals surface area contributed by atoms with Gasteiger partial charge in [0.05, 0.1) is 18.8 Å². The van der Waals surface area contributed by atoms with Crippen molar-refractivity contribution < 1.29 is 9.53 Å². The summed E-state index contributed by atoms with van der Waals surface area (Å²) in [4.78, 5) is 11.9. The Morgan fingerprint density at radius 2 is 1.77 bits per heavy atom. The zero-order valence-electron chi connectivity index (χ0n) is 12.6. The second kappa shape index (κ2) is 5.93. The van der Waals surface area contributed by atoms with Crippen LogP contribution in [-0.4, -0.2) is 18.0 Å². The van der Waals surface area contributed by atoms with Crippen LogP contribution in [0, 0.1) is 0 Å². The fourth-order valence-corrected chi connectivity index (χ4v) is 2.57. The molecule has 0 fully saturated rings. The Labute approximate surface area is 130 Å². The number of rotatable bonds is 3. The molecule has 112 valence electrons. The topological polar surface area (TPSA) is 41.6 Å². The lowest BCUT2D eigenvalue weighted by atomic mass is 10.0. The molecule has 1 aliphatic heterocycles. The molecule has 1 atom stereocenters. The predicted octanol–water partition coefficient (Wildman–Crippen LogP) is 3.14. The van der Waals surface area contributed by atoms with Gasteiger partial charge in [-0.15, -0.1) is 0 Å². The predicted molar refractivity (Wildman–Crippen MR) is 85.8 cm³/mol. The number of nitrogens with one attached hydrogen (secondary N) is 1. The molecule has 3 rings (SSSR count). The third kappa shape index (κ3) is 2.68. The molecule has 0 aromatic heterocycles. The van der Waals surface area contributed by atoms with Crippen molar-refractivity contribution >= 4 is 11.6 Å². The fraction of sp³-hybridized carbons (Fsp3) is 0.167. The Bertz CT molecular complexity index is 693. The summed E-state index contributed by atoms with van der Waals surface area (Å²) in [6.07, 6.45) is 2.07. The van der Waals surface area contributed by atoms with Crippen LogP contribution in [0.15, 0.2) is 60.7 Å². The second-order valence-electron chi connectivity index (χ2n) is 5.17. The highest BCUT2D eigenvalue weighted by Crippen LogP contribution is 2.31. The van der Waals surface area contributed by atoms with Crippen LogP contribution in [0.2, 0.25) is 0 Å². The number of hydrogen-bond acceptors (Lipinski definition) is 3. The number of amides is 1. The Balaban J connectivity index is 1.95. The summed E-state index contributed by atoms with van der Waals surface area (Å²) in [6.45, 7) is 1.56. The molecule has 2 aromatic carbocycles. The van der Waals surface area contributed by atoms with Crippen LogP contribution in [0.5, 0.6) is 5.75 Å². The maximum absolute atomic E-state index is 11.9. The van der Waals surface area contributed by atoms with Crippen LogP contribution in [0.25, 0.3) is 5.70 Å². The quantitative estimate of drug-likeness (QED) is 0.945. The van der Waals surface area contributed by atoms with E-state index in [1.165, 1.54) is 0 Å². The third-order valence-electron chi connectivity index (χ3n) is 3.72. The van der Waals surface area contributed by atoms with Gasteiger partial charge in [-0.2, -0.15) is 0 Å². The van der Waals surface area contributed by atoms with Crippen LogP contribution in [-0.2, 0) is 4.79 Å². The molecule has 1 amide bonds. The minimum atomic E-state index is -0.126. The van der Waals surface area contributed by atoms with E-state index in [1.54, 1.807) is 19.0 Å². The summed E-state index contributed by atoms with van der Waals surface area (Å²) >= 11 is 0. The highest BCUT2D eigenvalue weighted by Gasteiger charge is 2.28. The molecule has 0 radical (unpaired) electrons. The molecule has 1 unspecified atom stereocenters. The van der Waals surface area contributed by atoms with E-state index in [9.17, 15) is 4.79 Å². The van der Waals surface area contributed by atoms with Crippen molar-refractivity contribution in [1.29, 1.82) is 0 Å². The molecule has 1 heterocycles. The van der Waals surface area contributed by atoms with Crippen LogP contribution in [0.4, 0.5) is 0 Å². The van der Waals surface area contributed by atoms with Crippen molar-refractivity contribution in [3.8, 4) is 5.75 Å². The summed E-state index contributed by atoms with van der Waals surface area (Å²) in [5.74, 6) is 0.777. The first kappa shape index (κ1) is 14.2. The summed E-state index contributed by atoms with van der Waals surface area (Å²) in [6, 6.07) is 17.6. The highest BCUT2D eigenvalue weighted by atomic mass is 16.5. The molecule has 0 saturated carbocycles. The SMILES string of the molecule is COc1ccc(C2C=C(c3ccccc3)NN2C(C)=O)cc1. The molecule has 0 saturated heterocycles. The molecule has 0 bridgehead atoms. The number of hydrazine groups is 1. The lowest BCUT2D eigenvalue weighted by Crippen LogP contribution is -2.37. The third-order valence-corrected chi connectivity index (χ3v) is 3.72. The van der Waals surface area contributed by atoms with E-state index in [2.05, 4.69) is 11.5 Å². The minimum absolute atomic E-state index is 0.0250. The Hall–Kier alpha value is -2.75. The average Bonchev–Trinajstić information content (AvgIpc) is 3.01. The zero-order valence-corrected chi connectivity index (χ0v) is 12.6. The fourth-order valence-electron chi connectivity index (χ4n) is 2.57. The number of methoxy groups -OCH3 is 1. The van der Waals surface area contributed by atoms with Gasteiger partial charge in [-0.05, 0) is 29.3 Å². The van der Waals surface area contributed by atoms with Crippen molar-refractivity contribution in [2.75, 3.05) is 7.11 Å². The number of carbonyl (C=O) groups excluding carboxylic acids is 1. The summed E-state index contributed by atoms with van der Waals surface area (Å²) in [5.41, 5.74) is 6.24.